The Hall–Kier alpha value is -5.55. The minimum Gasteiger partial charge on any atom is -0.493 e. The summed E-state index contributed by atoms with van der Waals surface area (Å²) in [6.45, 7) is 2.99. The van der Waals surface area contributed by atoms with Gasteiger partial charge in [0.15, 0.2) is 11.5 Å². The fraction of sp³-hybridized carbons (Fsp3) is 0.263. The number of likely N-dealkylation sites (tertiary alicyclic amines) is 1. The summed E-state index contributed by atoms with van der Waals surface area (Å²) in [6, 6.07) is 23.5. The van der Waals surface area contributed by atoms with E-state index in [0.29, 0.717) is 58.4 Å². The highest BCUT2D eigenvalue weighted by Gasteiger charge is 2.37. The molecule has 49 heavy (non-hydrogen) atoms. The first-order valence-corrected chi connectivity index (χ1v) is 16.3. The van der Waals surface area contributed by atoms with Gasteiger partial charge in [0.05, 0.1) is 24.9 Å². The molecule has 2 amide bonds. The number of halogens is 1. The number of methoxy groups -OCH3 is 1. The van der Waals surface area contributed by atoms with Crippen LogP contribution in [-0.4, -0.2) is 65.4 Å². The average molecular weight is 661 g/mol. The minimum absolute atomic E-state index is 0.157. The van der Waals surface area contributed by atoms with E-state index in [2.05, 4.69) is 32.5 Å². The van der Waals surface area contributed by atoms with E-state index >= 15 is 4.39 Å². The van der Waals surface area contributed by atoms with E-state index < -0.39 is 17.8 Å². The minimum atomic E-state index is -0.914. The van der Waals surface area contributed by atoms with Gasteiger partial charge >= 0.3 is 0 Å². The van der Waals surface area contributed by atoms with Crippen LogP contribution in [0.5, 0.6) is 11.5 Å². The smallest absolute Gasteiger partial charge is 0.255 e. The van der Waals surface area contributed by atoms with Crippen LogP contribution in [0, 0.1) is 11.7 Å². The maximum absolute atomic E-state index is 15.6. The molecule has 11 heteroatoms. The van der Waals surface area contributed by atoms with Crippen LogP contribution < -0.4 is 20.1 Å². The molecule has 0 radical (unpaired) electrons. The molecule has 5 aromatic rings. The van der Waals surface area contributed by atoms with Gasteiger partial charge in [-0.1, -0.05) is 48.5 Å². The number of ether oxygens (including phenoxy) is 2. The summed E-state index contributed by atoms with van der Waals surface area (Å²) in [5.41, 5.74) is 3.11. The Morgan fingerprint density at radius 1 is 0.980 bits per heavy atom. The standard InChI is InChI=1S/C38H37FN6O4/c1-44-16-14-24(15-17-44)22-49-34-20-32-29(19-33(34)48-2)36(41-23-40-32)43-31-13-12-27(18-30(31)39)42-37(46)35(25-8-4-3-5-9-25)45-21-26-10-6-7-11-28(26)38(45)47/h3-13,18-20,23-24,35H,14-17,21-22H2,1-2H3,(H,42,46)(H,40,41,43). The van der Waals surface area contributed by atoms with E-state index in [-0.39, 0.29) is 17.3 Å². The predicted molar refractivity (Wildman–Crippen MR) is 186 cm³/mol. The number of hydrogen-bond acceptors (Lipinski definition) is 8. The lowest BCUT2D eigenvalue weighted by Gasteiger charge is -2.28. The maximum Gasteiger partial charge on any atom is 0.255 e. The van der Waals surface area contributed by atoms with Crippen LogP contribution in [0.4, 0.5) is 21.6 Å². The van der Waals surface area contributed by atoms with Crippen LogP contribution in [0.15, 0.2) is 91.3 Å². The monoisotopic (exact) mass is 660 g/mol. The van der Waals surface area contributed by atoms with Gasteiger partial charge in [-0.3, -0.25) is 9.59 Å². The van der Waals surface area contributed by atoms with E-state index in [1.807, 2.05) is 36.4 Å². The Kier molecular flexibility index (Phi) is 9.08. The van der Waals surface area contributed by atoms with Crippen LogP contribution in [0.1, 0.15) is 40.4 Å². The molecule has 0 saturated carbocycles. The number of benzene rings is 4. The van der Waals surface area contributed by atoms with Crippen LogP contribution >= 0.6 is 0 Å². The molecule has 2 aliphatic rings. The second-order valence-electron chi connectivity index (χ2n) is 12.5. The van der Waals surface area contributed by atoms with Crippen LogP contribution in [0.3, 0.4) is 0 Å². The molecule has 2 N–H and O–H groups in total. The topological polar surface area (TPSA) is 109 Å². The van der Waals surface area contributed by atoms with Crippen LogP contribution in [0.25, 0.3) is 10.9 Å². The van der Waals surface area contributed by atoms with Gasteiger partial charge in [-0.15, -0.1) is 0 Å². The SMILES string of the molecule is COc1cc2c(Nc3ccc(NC(=O)C(c4ccccc4)N4Cc5ccccc5C4=O)cc3F)ncnc2cc1OCC1CCN(C)CC1. The van der Waals surface area contributed by atoms with Gasteiger partial charge in [0.25, 0.3) is 11.8 Å². The number of piperidine rings is 1. The zero-order valence-electron chi connectivity index (χ0n) is 27.4. The van der Waals surface area contributed by atoms with Crippen LogP contribution in [-0.2, 0) is 11.3 Å². The average Bonchev–Trinajstić information content (AvgIpc) is 3.44. The normalized spacial score (nSPS) is 15.6. The Labute approximate surface area is 283 Å². The molecule has 250 valence electrons. The number of fused-ring (bicyclic) bond motifs is 2. The van der Waals surface area contributed by atoms with Gasteiger partial charge in [0.2, 0.25) is 0 Å². The molecule has 3 heterocycles. The van der Waals surface area contributed by atoms with Gasteiger partial charge in [0.1, 0.15) is 24.0 Å². The van der Waals surface area contributed by atoms with Gasteiger partial charge < -0.3 is 29.9 Å². The van der Waals surface area contributed by atoms with Gasteiger partial charge in [-0.05, 0) is 80.4 Å². The van der Waals surface area contributed by atoms with E-state index in [4.69, 9.17) is 9.47 Å². The van der Waals surface area contributed by atoms with Crippen molar-refractivity contribution in [1.82, 2.24) is 19.8 Å². The molecule has 10 nitrogen and oxygen atoms in total. The number of hydrogen-bond donors (Lipinski definition) is 2. The number of amides is 2. The Morgan fingerprint density at radius 3 is 2.51 bits per heavy atom. The van der Waals surface area contributed by atoms with Crippen molar-refractivity contribution in [1.29, 1.82) is 0 Å². The lowest BCUT2D eigenvalue weighted by molar-refractivity contribution is -0.120. The fourth-order valence-electron chi connectivity index (χ4n) is 6.50. The molecule has 1 atom stereocenters. The number of nitrogens with zero attached hydrogens (tertiary/aromatic N) is 4. The molecule has 1 saturated heterocycles. The largest absolute Gasteiger partial charge is 0.493 e. The van der Waals surface area contributed by atoms with E-state index in [0.717, 1.165) is 31.5 Å². The fourth-order valence-corrected chi connectivity index (χ4v) is 6.50. The number of anilines is 3. The van der Waals surface area contributed by atoms with E-state index in [1.54, 1.807) is 48.4 Å². The lowest BCUT2D eigenvalue weighted by atomic mass is 9.98. The van der Waals surface area contributed by atoms with Crippen molar-refractivity contribution in [2.24, 2.45) is 5.92 Å². The molecule has 1 fully saturated rings. The summed E-state index contributed by atoms with van der Waals surface area (Å²) in [7, 11) is 3.71. The van der Waals surface area contributed by atoms with Crippen molar-refractivity contribution in [2.75, 3.05) is 44.5 Å². The molecule has 4 aromatic carbocycles. The third kappa shape index (κ3) is 6.75. The highest BCUT2D eigenvalue weighted by atomic mass is 19.1. The second kappa shape index (κ2) is 13.9. The van der Waals surface area contributed by atoms with Gasteiger partial charge in [-0.25, -0.2) is 14.4 Å². The first-order valence-electron chi connectivity index (χ1n) is 16.3. The van der Waals surface area contributed by atoms with Crippen molar-refractivity contribution in [3.63, 3.8) is 0 Å². The Bertz CT molecular complexity index is 2000. The molecule has 0 bridgehead atoms. The Balaban J connectivity index is 1.08. The molecule has 7 rings (SSSR count). The molecule has 0 aliphatic carbocycles. The van der Waals surface area contributed by atoms with Gasteiger partial charge in [-0.2, -0.15) is 0 Å². The van der Waals surface area contributed by atoms with Crippen molar-refractivity contribution in [3.8, 4) is 11.5 Å². The van der Waals surface area contributed by atoms with E-state index in [1.165, 1.54) is 18.5 Å². The van der Waals surface area contributed by atoms with Crippen molar-refractivity contribution >= 4 is 39.9 Å². The summed E-state index contributed by atoms with van der Waals surface area (Å²) >= 11 is 0. The van der Waals surface area contributed by atoms with Crippen LogP contribution in [0.2, 0.25) is 0 Å². The quantitative estimate of drug-likeness (QED) is 0.173. The number of carbonyl (C=O) groups is 2. The van der Waals surface area contributed by atoms with Crippen molar-refractivity contribution in [2.45, 2.75) is 25.4 Å². The van der Waals surface area contributed by atoms with Crippen molar-refractivity contribution < 1.29 is 23.5 Å². The first-order chi connectivity index (χ1) is 23.9. The predicted octanol–water partition coefficient (Wildman–Crippen LogP) is 6.58. The number of aromatic nitrogens is 2. The molecule has 0 spiro atoms. The summed E-state index contributed by atoms with van der Waals surface area (Å²) in [4.78, 5) is 39.8. The van der Waals surface area contributed by atoms with Crippen molar-refractivity contribution in [3.05, 3.63) is 114 Å². The third-order valence-corrected chi connectivity index (χ3v) is 9.25. The highest BCUT2D eigenvalue weighted by Crippen LogP contribution is 2.37. The lowest BCUT2D eigenvalue weighted by Crippen LogP contribution is -2.37. The van der Waals surface area contributed by atoms with E-state index in [9.17, 15) is 9.59 Å². The third-order valence-electron chi connectivity index (χ3n) is 9.25. The zero-order valence-corrected chi connectivity index (χ0v) is 27.4. The molecular weight excluding hydrogens is 623 g/mol. The summed E-state index contributed by atoms with van der Waals surface area (Å²) in [5.74, 6) is 0.708. The molecule has 1 aromatic heterocycles. The number of rotatable bonds is 10. The molecular formula is C38H37FN6O4. The molecule has 1 unspecified atom stereocenters. The maximum atomic E-state index is 15.6. The second-order valence-corrected chi connectivity index (χ2v) is 12.5. The summed E-state index contributed by atoms with van der Waals surface area (Å²) in [5, 5.41) is 6.53. The number of nitrogens with one attached hydrogen (secondary N) is 2. The summed E-state index contributed by atoms with van der Waals surface area (Å²) < 4.78 is 27.4. The highest BCUT2D eigenvalue weighted by molar-refractivity contribution is 6.04. The summed E-state index contributed by atoms with van der Waals surface area (Å²) in [6.07, 6.45) is 3.57. The Morgan fingerprint density at radius 2 is 1.76 bits per heavy atom. The number of carbonyl (C=O) groups excluding carboxylic acids is 2. The first kappa shape index (κ1) is 32.0. The van der Waals surface area contributed by atoms with Gasteiger partial charge in [0, 0.05) is 29.2 Å². The molecule has 2 aliphatic heterocycles. The zero-order chi connectivity index (χ0) is 33.9.